The molecule has 1 unspecified atom stereocenters. The Morgan fingerprint density at radius 3 is 1.53 bits per heavy atom. The zero-order valence-corrected chi connectivity index (χ0v) is 19.0. The lowest BCUT2D eigenvalue weighted by Crippen LogP contribution is -2.61. The molecule has 4 rings (SSSR count). The molecule has 0 amide bonds. The summed E-state index contributed by atoms with van der Waals surface area (Å²) in [4.78, 5) is 37.7. The second-order valence-electron chi connectivity index (χ2n) is 7.99. The Bertz CT molecular complexity index is 1170. The molecule has 1 saturated heterocycles. The highest BCUT2D eigenvalue weighted by molar-refractivity contribution is 5.90. The van der Waals surface area contributed by atoms with Gasteiger partial charge < -0.3 is 29.2 Å². The van der Waals surface area contributed by atoms with Gasteiger partial charge in [-0.3, -0.25) is 0 Å². The predicted octanol–water partition coefficient (Wildman–Crippen LogP) is 2.37. The van der Waals surface area contributed by atoms with Gasteiger partial charge in [-0.2, -0.15) is 0 Å². The minimum Gasteiger partial charge on any atom is -0.459 e. The fraction of sp³-hybridized carbons (Fsp3) is 0.222. The van der Waals surface area contributed by atoms with Gasteiger partial charge in [0, 0.05) is 0 Å². The van der Waals surface area contributed by atoms with Gasteiger partial charge in [-0.1, -0.05) is 54.6 Å². The van der Waals surface area contributed by atoms with Crippen LogP contribution in [0.2, 0.25) is 0 Å². The summed E-state index contributed by atoms with van der Waals surface area (Å²) in [7, 11) is 0. The number of aliphatic hydroxyl groups is 2. The lowest BCUT2D eigenvalue weighted by atomic mass is 9.98. The van der Waals surface area contributed by atoms with Gasteiger partial charge in [0.2, 0.25) is 0 Å². The van der Waals surface area contributed by atoms with E-state index in [9.17, 15) is 24.6 Å². The SMILES string of the molecule is O=C(OC[C@H]1OC(O)[C@H](OC(=O)c2ccccc2)[C@@H](OC(=O)c2ccccc2)[C@@H]1O)c1ccccc1. The van der Waals surface area contributed by atoms with Crippen LogP contribution in [0.5, 0.6) is 0 Å². The van der Waals surface area contributed by atoms with Crippen LogP contribution in [0, 0.1) is 0 Å². The molecular weight excluding hydrogens is 468 g/mol. The predicted molar refractivity (Wildman–Crippen MR) is 125 cm³/mol. The van der Waals surface area contributed by atoms with Gasteiger partial charge in [0.05, 0.1) is 16.7 Å². The Morgan fingerprint density at radius 2 is 1.06 bits per heavy atom. The average Bonchev–Trinajstić information content (AvgIpc) is 2.92. The fourth-order valence-electron chi connectivity index (χ4n) is 3.65. The van der Waals surface area contributed by atoms with Crippen molar-refractivity contribution in [3.63, 3.8) is 0 Å². The number of rotatable bonds is 7. The molecule has 186 valence electrons. The molecule has 0 saturated carbocycles. The van der Waals surface area contributed by atoms with Crippen LogP contribution in [0.25, 0.3) is 0 Å². The third kappa shape index (κ3) is 5.95. The summed E-state index contributed by atoms with van der Waals surface area (Å²) >= 11 is 0. The molecular formula is C27H24O9. The minimum absolute atomic E-state index is 0.186. The van der Waals surface area contributed by atoms with Gasteiger partial charge in [-0.25, -0.2) is 14.4 Å². The van der Waals surface area contributed by atoms with E-state index >= 15 is 0 Å². The van der Waals surface area contributed by atoms with Gasteiger partial charge in [0.1, 0.15) is 18.8 Å². The Labute approximate surface area is 206 Å². The molecule has 1 heterocycles. The van der Waals surface area contributed by atoms with E-state index in [-0.39, 0.29) is 16.7 Å². The monoisotopic (exact) mass is 492 g/mol. The molecule has 36 heavy (non-hydrogen) atoms. The largest absolute Gasteiger partial charge is 0.459 e. The van der Waals surface area contributed by atoms with Gasteiger partial charge in [-0.15, -0.1) is 0 Å². The third-order valence-corrected chi connectivity index (χ3v) is 5.53. The highest BCUT2D eigenvalue weighted by Crippen LogP contribution is 2.27. The molecule has 1 aliphatic rings. The number of carbonyl (C=O) groups is 3. The quantitative estimate of drug-likeness (QED) is 0.377. The standard InChI is InChI=1S/C27H24O9/c28-21-20(16-33-24(29)17-10-4-1-5-11-17)34-27(32)23(36-26(31)19-14-8-3-9-15-19)22(21)35-25(30)18-12-6-2-7-13-18/h1-15,20-23,27-28,32H,16H2/t20-,21-,22+,23-,27?/m1/s1. The van der Waals surface area contributed by atoms with Crippen LogP contribution in [0.1, 0.15) is 31.1 Å². The Balaban J connectivity index is 1.52. The molecule has 0 bridgehead atoms. The first-order valence-corrected chi connectivity index (χ1v) is 11.2. The van der Waals surface area contributed by atoms with Crippen LogP contribution >= 0.6 is 0 Å². The van der Waals surface area contributed by atoms with E-state index in [1.807, 2.05) is 0 Å². The van der Waals surface area contributed by atoms with E-state index in [0.717, 1.165) is 0 Å². The van der Waals surface area contributed by atoms with Crippen LogP contribution in [-0.2, 0) is 18.9 Å². The number of hydrogen-bond donors (Lipinski definition) is 2. The summed E-state index contributed by atoms with van der Waals surface area (Å²) in [6.07, 6.45) is -7.72. The van der Waals surface area contributed by atoms with E-state index in [1.54, 1.807) is 66.7 Å². The van der Waals surface area contributed by atoms with Crippen molar-refractivity contribution in [2.24, 2.45) is 0 Å². The number of carbonyl (C=O) groups excluding carboxylic acids is 3. The average molecular weight is 492 g/mol. The maximum absolute atomic E-state index is 12.7. The highest BCUT2D eigenvalue weighted by Gasteiger charge is 2.50. The molecule has 1 fully saturated rings. The number of hydrogen-bond acceptors (Lipinski definition) is 9. The molecule has 0 aromatic heterocycles. The molecule has 9 nitrogen and oxygen atoms in total. The van der Waals surface area contributed by atoms with Crippen molar-refractivity contribution in [3.8, 4) is 0 Å². The highest BCUT2D eigenvalue weighted by atomic mass is 16.7. The first-order chi connectivity index (χ1) is 17.4. The lowest BCUT2D eigenvalue weighted by Gasteiger charge is -2.41. The van der Waals surface area contributed by atoms with Crippen molar-refractivity contribution >= 4 is 17.9 Å². The van der Waals surface area contributed by atoms with Crippen LogP contribution < -0.4 is 0 Å². The van der Waals surface area contributed by atoms with Gasteiger partial charge in [0.15, 0.2) is 18.5 Å². The molecule has 3 aromatic carbocycles. The maximum atomic E-state index is 12.7. The molecule has 0 radical (unpaired) electrons. The summed E-state index contributed by atoms with van der Waals surface area (Å²) < 4.78 is 21.5. The van der Waals surface area contributed by atoms with Crippen LogP contribution in [0.15, 0.2) is 91.0 Å². The van der Waals surface area contributed by atoms with E-state index in [4.69, 9.17) is 18.9 Å². The molecule has 0 aliphatic carbocycles. The number of aliphatic hydroxyl groups excluding tert-OH is 2. The van der Waals surface area contributed by atoms with Crippen LogP contribution in [-0.4, -0.2) is 65.4 Å². The first kappa shape index (κ1) is 25.1. The smallest absolute Gasteiger partial charge is 0.338 e. The topological polar surface area (TPSA) is 129 Å². The van der Waals surface area contributed by atoms with E-state index in [0.29, 0.717) is 0 Å². The maximum Gasteiger partial charge on any atom is 0.338 e. The van der Waals surface area contributed by atoms with E-state index < -0.39 is 55.2 Å². The molecule has 9 heteroatoms. The summed E-state index contributed by atoms with van der Waals surface area (Å²) in [5.74, 6) is -2.30. The van der Waals surface area contributed by atoms with Crippen molar-refractivity contribution in [2.75, 3.05) is 6.61 Å². The van der Waals surface area contributed by atoms with Crippen molar-refractivity contribution in [2.45, 2.75) is 30.7 Å². The molecule has 5 atom stereocenters. The van der Waals surface area contributed by atoms with Crippen molar-refractivity contribution in [1.29, 1.82) is 0 Å². The summed E-state index contributed by atoms with van der Waals surface area (Å²) in [5, 5.41) is 21.6. The number of esters is 3. The van der Waals surface area contributed by atoms with Gasteiger partial charge >= 0.3 is 17.9 Å². The zero-order valence-electron chi connectivity index (χ0n) is 19.0. The van der Waals surface area contributed by atoms with Crippen LogP contribution in [0.4, 0.5) is 0 Å². The molecule has 1 aliphatic heterocycles. The minimum atomic E-state index is -1.78. The molecule has 3 aromatic rings. The van der Waals surface area contributed by atoms with Crippen molar-refractivity contribution in [1.82, 2.24) is 0 Å². The fourth-order valence-corrected chi connectivity index (χ4v) is 3.65. The molecule has 0 spiro atoms. The van der Waals surface area contributed by atoms with Gasteiger partial charge in [-0.05, 0) is 36.4 Å². The summed E-state index contributed by atoms with van der Waals surface area (Å²) in [5.41, 5.74) is 0.655. The van der Waals surface area contributed by atoms with Crippen molar-refractivity contribution in [3.05, 3.63) is 108 Å². The Morgan fingerprint density at radius 1 is 0.639 bits per heavy atom. The summed E-state index contributed by atoms with van der Waals surface area (Å²) in [6, 6.07) is 24.1. The van der Waals surface area contributed by atoms with Crippen LogP contribution in [0.3, 0.4) is 0 Å². The molecule has 2 N–H and O–H groups in total. The lowest BCUT2D eigenvalue weighted by molar-refractivity contribution is -0.284. The van der Waals surface area contributed by atoms with E-state index in [1.165, 1.54) is 24.3 Å². The van der Waals surface area contributed by atoms with E-state index in [2.05, 4.69) is 0 Å². The second-order valence-corrected chi connectivity index (χ2v) is 7.99. The third-order valence-electron chi connectivity index (χ3n) is 5.53. The number of ether oxygens (including phenoxy) is 4. The van der Waals surface area contributed by atoms with Gasteiger partial charge in [0.25, 0.3) is 0 Å². The zero-order chi connectivity index (χ0) is 25.5. The second kappa shape index (κ2) is 11.6. The van der Waals surface area contributed by atoms with Crippen molar-refractivity contribution < 1.29 is 43.5 Å². The Kier molecular flexibility index (Phi) is 8.06. The Hall–Kier alpha value is -4.05. The number of benzene rings is 3. The summed E-state index contributed by atoms with van der Waals surface area (Å²) in [6.45, 7) is -0.454. The first-order valence-electron chi connectivity index (χ1n) is 11.2. The normalized spacial score (nSPS) is 23.3.